The van der Waals surface area contributed by atoms with Gasteiger partial charge in [-0.3, -0.25) is 0 Å². The summed E-state index contributed by atoms with van der Waals surface area (Å²) in [5.41, 5.74) is 4.01. The number of benzene rings is 2. The van der Waals surface area contributed by atoms with Crippen molar-refractivity contribution >= 4 is 10.8 Å². The summed E-state index contributed by atoms with van der Waals surface area (Å²) in [6.07, 6.45) is 2.21. The van der Waals surface area contributed by atoms with Gasteiger partial charge in [-0.15, -0.1) is 0 Å². The first-order valence-corrected chi connectivity index (χ1v) is 6.64. The minimum Gasteiger partial charge on any atom is -0.201 e. The molecule has 0 radical (unpaired) electrons. The molecule has 0 aliphatic carbocycles. The van der Waals surface area contributed by atoms with Crippen molar-refractivity contribution in [3.8, 4) is 11.3 Å². The second kappa shape index (κ2) is 4.53. The van der Waals surface area contributed by atoms with E-state index in [0.29, 0.717) is 0 Å². The Morgan fingerprint density at radius 3 is 2.70 bits per heavy atom. The van der Waals surface area contributed by atoms with Crippen molar-refractivity contribution in [1.82, 2.24) is 0 Å². The van der Waals surface area contributed by atoms with Crippen LogP contribution in [-0.4, -0.2) is 0 Å². The molecule has 3 aromatic rings. The van der Waals surface area contributed by atoms with Crippen molar-refractivity contribution in [1.29, 1.82) is 0 Å². The summed E-state index contributed by atoms with van der Waals surface area (Å²) < 4.78 is 2.38. The predicted octanol–water partition coefficient (Wildman–Crippen LogP) is 3.69. The van der Waals surface area contributed by atoms with Gasteiger partial charge in [0.25, 0.3) is 0 Å². The van der Waals surface area contributed by atoms with Crippen LogP contribution in [-0.2, 0) is 26.6 Å². The molecule has 1 aliphatic heterocycles. The van der Waals surface area contributed by atoms with Gasteiger partial charge in [-0.05, 0) is 25.3 Å². The number of fused-ring (bicyclic) bond motifs is 5. The van der Waals surface area contributed by atoms with E-state index in [1.165, 1.54) is 27.6 Å². The third kappa shape index (κ3) is 1.63. The van der Waals surface area contributed by atoms with Gasteiger partial charge in [-0.2, -0.15) is 24.3 Å². The van der Waals surface area contributed by atoms with Crippen molar-refractivity contribution < 1.29 is 25.6 Å². The van der Waals surface area contributed by atoms with Crippen LogP contribution in [0.25, 0.3) is 22.0 Å². The average Bonchev–Trinajstić information content (AvgIpc) is 2.68. The van der Waals surface area contributed by atoms with Gasteiger partial charge in [0, 0.05) is 27.1 Å². The maximum absolute atomic E-state index is 3.22. The van der Waals surface area contributed by atoms with E-state index >= 15 is 0 Å². The molecule has 0 saturated heterocycles. The van der Waals surface area contributed by atoms with Crippen LogP contribution in [0.2, 0.25) is 0 Å². The van der Waals surface area contributed by atoms with Crippen LogP contribution in [0.4, 0.5) is 0 Å². The minimum atomic E-state index is -0.00748. The van der Waals surface area contributed by atoms with Gasteiger partial charge in [-0.1, -0.05) is 29.3 Å². The van der Waals surface area contributed by atoms with E-state index in [0.717, 1.165) is 0 Å². The molecule has 2 heteroatoms. The SMILES string of the molecule is CC1(C)c2c[c-]ccc2-c2c3ccccc3cc[n+]21.[W]. The van der Waals surface area contributed by atoms with Crippen LogP contribution in [0.1, 0.15) is 19.4 Å². The number of aromatic nitrogens is 1. The van der Waals surface area contributed by atoms with Crippen molar-refractivity contribution in [2.45, 2.75) is 19.4 Å². The number of hydrogen-bond donors (Lipinski definition) is 0. The summed E-state index contributed by atoms with van der Waals surface area (Å²) in [4.78, 5) is 0. The first kappa shape index (κ1) is 13.5. The maximum Gasteiger partial charge on any atom is 0.196 e. The summed E-state index contributed by atoms with van der Waals surface area (Å²) in [6.45, 7) is 4.54. The van der Waals surface area contributed by atoms with Crippen LogP contribution in [0.15, 0.2) is 54.7 Å². The fraction of sp³-hybridized carbons (Fsp3) is 0.167. The Hall–Kier alpha value is -1.46. The predicted molar refractivity (Wildman–Crippen MR) is 76.8 cm³/mol. The zero-order chi connectivity index (χ0) is 13.0. The second-order valence-corrected chi connectivity index (χ2v) is 5.65. The van der Waals surface area contributed by atoms with Gasteiger partial charge < -0.3 is 0 Å². The van der Waals surface area contributed by atoms with Crippen LogP contribution >= 0.6 is 0 Å². The zero-order valence-corrected chi connectivity index (χ0v) is 14.5. The van der Waals surface area contributed by atoms with E-state index in [9.17, 15) is 0 Å². The Morgan fingerprint density at radius 1 is 1.05 bits per heavy atom. The summed E-state index contributed by atoms with van der Waals surface area (Å²) in [5, 5.41) is 2.62. The first-order chi connectivity index (χ1) is 9.19. The van der Waals surface area contributed by atoms with Crippen molar-refractivity contribution in [2.75, 3.05) is 0 Å². The monoisotopic (exact) mass is 429 g/mol. The van der Waals surface area contributed by atoms with Crippen molar-refractivity contribution in [2.24, 2.45) is 0 Å². The molecule has 0 amide bonds. The molecule has 4 rings (SSSR count). The molecule has 0 bridgehead atoms. The average molecular weight is 429 g/mol. The molecule has 0 N–H and O–H groups in total. The Kier molecular flexibility index (Phi) is 3.06. The number of nitrogens with zero attached hydrogens (tertiary/aromatic N) is 1. The summed E-state index contributed by atoms with van der Waals surface area (Å²) in [6, 6.07) is 20.3. The molecular formula is C18H15NW. The Morgan fingerprint density at radius 2 is 1.85 bits per heavy atom. The van der Waals surface area contributed by atoms with Gasteiger partial charge in [-0.25, -0.2) is 4.57 Å². The van der Waals surface area contributed by atoms with Crippen LogP contribution in [0, 0.1) is 6.07 Å². The number of hydrogen-bond acceptors (Lipinski definition) is 0. The first-order valence-electron chi connectivity index (χ1n) is 6.64. The summed E-state index contributed by atoms with van der Waals surface area (Å²) in [5.74, 6) is 0. The smallest absolute Gasteiger partial charge is 0.196 e. The quantitative estimate of drug-likeness (QED) is 0.379. The molecule has 0 unspecified atom stereocenters. The standard InChI is InChI=1S/C18H15N.W/c1-18(2)16-10-6-5-9-15(16)17-14-8-4-3-7-13(14)11-12-19(17)18;/h3-5,7-12H,1-2H3;. The van der Waals surface area contributed by atoms with E-state index in [1.807, 2.05) is 6.07 Å². The fourth-order valence-corrected chi connectivity index (χ4v) is 3.23. The molecule has 0 spiro atoms. The summed E-state index contributed by atoms with van der Waals surface area (Å²) >= 11 is 0. The number of pyridine rings is 1. The van der Waals surface area contributed by atoms with Crippen LogP contribution in [0.5, 0.6) is 0 Å². The molecule has 1 nitrogen and oxygen atoms in total. The topological polar surface area (TPSA) is 3.88 Å². The molecule has 0 atom stereocenters. The van der Waals surface area contributed by atoms with Gasteiger partial charge >= 0.3 is 0 Å². The largest absolute Gasteiger partial charge is 0.201 e. The van der Waals surface area contributed by atoms with E-state index in [2.05, 4.69) is 73.1 Å². The van der Waals surface area contributed by atoms with Gasteiger partial charge in [0.15, 0.2) is 11.9 Å². The van der Waals surface area contributed by atoms with E-state index < -0.39 is 0 Å². The molecular weight excluding hydrogens is 414 g/mol. The molecule has 20 heavy (non-hydrogen) atoms. The Bertz CT molecular complexity index is 805. The third-order valence-electron chi connectivity index (χ3n) is 4.24. The van der Waals surface area contributed by atoms with Crippen LogP contribution in [0.3, 0.4) is 0 Å². The molecule has 98 valence electrons. The minimum absolute atomic E-state index is 0. The Labute approximate surface area is 133 Å². The van der Waals surface area contributed by atoms with Gasteiger partial charge in [0.05, 0.1) is 5.39 Å². The molecule has 1 aromatic heterocycles. The molecule has 2 aromatic carbocycles. The molecule has 0 fully saturated rings. The summed E-state index contributed by atoms with van der Waals surface area (Å²) in [7, 11) is 0. The zero-order valence-electron chi connectivity index (χ0n) is 11.6. The number of rotatable bonds is 0. The fourth-order valence-electron chi connectivity index (χ4n) is 3.23. The third-order valence-corrected chi connectivity index (χ3v) is 4.24. The van der Waals surface area contributed by atoms with Gasteiger partial charge in [0.2, 0.25) is 0 Å². The van der Waals surface area contributed by atoms with Crippen molar-refractivity contribution in [3.05, 3.63) is 66.4 Å². The molecule has 0 saturated carbocycles. The Balaban J connectivity index is 0.00000121. The normalized spacial score (nSPS) is 14.5. The molecule has 1 aliphatic rings. The second-order valence-electron chi connectivity index (χ2n) is 5.65. The van der Waals surface area contributed by atoms with Crippen LogP contribution < -0.4 is 4.57 Å². The van der Waals surface area contributed by atoms with Gasteiger partial charge in [0.1, 0.15) is 5.54 Å². The van der Waals surface area contributed by atoms with E-state index in [4.69, 9.17) is 0 Å². The van der Waals surface area contributed by atoms with Crippen molar-refractivity contribution in [3.63, 3.8) is 0 Å². The molecule has 2 heterocycles. The maximum atomic E-state index is 3.22. The van der Waals surface area contributed by atoms with E-state index in [1.54, 1.807) is 0 Å². The van der Waals surface area contributed by atoms with E-state index in [-0.39, 0.29) is 26.6 Å².